The lowest BCUT2D eigenvalue weighted by atomic mass is 9.95. The van der Waals surface area contributed by atoms with Crippen LogP contribution in [0.4, 0.5) is 5.69 Å². The van der Waals surface area contributed by atoms with Gasteiger partial charge in [0.15, 0.2) is 6.61 Å². The summed E-state index contributed by atoms with van der Waals surface area (Å²) < 4.78 is 5.29. The van der Waals surface area contributed by atoms with Crippen molar-refractivity contribution in [2.45, 2.75) is 19.4 Å². The monoisotopic (exact) mass is 325 g/mol. The van der Waals surface area contributed by atoms with E-state index in [1.54, 1.807) is 18.2 Å². The molecule has 6 nitrogen and oxygen atoms in total. The average Bonchev–Trinajstić information content (AvgIpc) is 2.48. The van der Waals surface area contributed by atoms with Gasteiger partial charge in [-0.2, -0.15) is 0 Å². The van der Waals surface area contributed by atoms with E-state index < -0.39 is 0 Å². The largest absolute Gasteiger partial charge is 0.482 e. The van der Waals surface area contributed by atoms with Crippen LogP contribution in [0.3, 0.4) is 0 Å². The van der Waals surface area contributed by atoms with Crippen LogP contribution in [0.25, 0.3) is 0 Å². The minimum absolute atomic E-state index is 0. The van der Waals surface area contributed by atoms with E-state index in [0.29, 0.717) is 22.9 Å². The van der Waals surface area contributed by atoms with Crippen LogP contribution < -0.4 is 20.7 Å². The number of benzene rings is 1. The number of fused-ring (bicyclic) bond motifs is 1. The Labute approximate surface area is 135 Å². The van der Waals surface area contributed by atoms with Crippen LogP contribution in [0.15, 0.2) is 18.2 Å². The molecule has 0 saturated carbocycles. The number of carbonyl (C=O) groups is 2. The van der Waals surface area contributed by atoms with E-state index in [-0.39, 0.29) is 36.9 Å². The standard InChI is InChI=1S/C15H19N3O3.ClH/c1-9-7-16-5-4-11(9)18-15(20)10-2-3-13-12(6-10)17-14(19)8-21-13;/h2-3,6,9,11,16H,4-5,7-8H2,1H3,(H,17,19)(H,18,20);1H. The molecule has 1 aromatic carbocycles. The SMILES string of the molecule is CC1CNCCC1NC(=O)c1ccc2c(c1)NC(=O)CO2.Cl. The van der Waals surface area contributed by atoms with Crippen molar-refractivity contribution in [1.29, 1.82) is 0 Å². The third-order valence-electron chi connectivity index (χ3n) is 3.98. The molecule has 1 fully saturated rings. The quantitative estimate of drug-likeness (QED) is 0.762. The molecule has 22 heavy (non-hydrogen) atoms. The smallest absolute Gasteiger partial charge is 0.262 e. The van der Waals surface area contributed by atoms with Gasteiger partial charge < -0.3 is 20.7 Å². The molecule has 0 bridgehead atoms. The van der Waals surface area contributed by atoms with Gasteiger partial charge in [0.1, 0.15) is 5.75 Å². The van der Waals surface area contributed by atoms with E-state index in [4.69, 9.17) is 4.74 Å². The molecule has 0 spiro atoms. The number of carbonyl (C=O) groups excluding carboxylic acids is 2. The third kappa shape index (κ3) is 3.51. The number of hydrogen-bond acceptors (Lipinski definition) is 4. The van der Waals surface area contributed by atoms with Crippen LogP contribution in [0.1, 0.15) is 23.7 Å². The summed E-state index contributed by atoms with van der Waals surface area (Å²) in [6, 6.07) is 5.28. The van der Waals surface area contributed by atoms with Gasteiger partial charge in [-0.05, 0) is 43.6 Å². The fourth-order valence-corrected chi connectivity index (χ4v) is 2.70. The highest BCUT2D eigenvalue weighted by molar-refractivity contribution is 5.99. The number of halogens is 1. The van der Waals surface area contributed by atoms with Gasteiger partial charge in [-0.15, -0.1) is 12.4 Å². The first-order valence-electron chi connectivity index (χ1n) is 7.22. The predicted molar refractivity (Wildman–Crippen MR) is 85.7 cm³/mol. The number of ether oxygens (including phenoxy) is 1. The molecule has 2 unspecified atom stereocenters. The van der Waals surface area contributed by atoms with Gasteiger partial charge in [-0.3, -0.25) is 9.59 Å². The molecule has 2 amide bonds. The minimum Gasteiger partial charge on any atom is -0.482 e. The minimum atomic E-state index is -0.202. The molecule has 2 aliphatic heterocycles. The fourth-order valence-electron chi connectivity index (χ4n) is 2.70. The molecular weight excluding hydrogens is 306 g/mol. The van der Waals surface area contributed by atoms with E-state index in [1.165, 1.54) is 0 Å². The molecule has 0 aliphatic carbocycles. The van der Waals surface area contributed by atoms with Gasteiger partial charge >= 0.3 is 0 Å². The Hall–Kier alpha value is -1.79. The zero-order chi connectivity index (χ0) is 14.8. The van der Waals surface area contributed by atoms with Crippen LogP contribution in [-0.2, 0) is 4.79 Å². The highest BCUT2D eigenvalue weighted by atomic mass is 35.5. The maximum Gasteiger partial charge on any atom is 0.262 e. The van der Waals surface area contributed by atoms with Gasteiger partial charge in [0.05, 0.1) is 5.69 Å². The summed E-state index contributed by atoms with van der Waals surface area (Å²) in [5.41, 5.74) is 1.09. The Bertz CT molecular complexity index is 579. The molecule has 2 heterocycles. The number of rotatable bonds is 2. The lowest BCUT2D eigenvalue weighted by Crippen LogP contribution is -2.48. The van der Waals surface area contributed by atoms with Gasteiger partial charge in [0.25, 0.3) is 11.8 Å². The predicted octanol–water partition coefficient (Wildman–Crippen LogP) is 1.17. The van der Waals surface area contributed by atoms with Gasteiger partial charge in [-0.25, -0.2) is 0 Å². The highest BCUT2D eigenvalue weighted by Crippen LogP contribution is 2.28. The molecule has 2 atom stereocenters. The third-order valence-corrected chi connectivity index (χ3v) is 3.98. The molecule has 1 aromatic rings. The summed E-state index contributed by atoms with van der Waals surface area (Å²) in [7, 11) is 0. The fraction of sp³-hybridized carbons (Fsp3) is 0.467. The lowest BCUT2D eigenvalue weighted by Gasteiger charge is -2.30. The van der Waals surface area contributed by atoms with Crippen LogP contribution >= 0.6 is 12.4 Å². The number of nitrogens with one attached hydrogen (secondary N) is 3. The number of hydrogen-bond donors (Lipinski definition) is 3. The maximum atomic E-state index is 12.3. The zero-order valence-electron chi connectivity index (χ0n) is 12.3. The van der Waals surface area contributed by atoms with Crippen molar-refractivity contribution in [2.75, 3.05) is 25.0 Å². The van der Waals surface area contributed by atoms with Crippen molar-refractivity contribution < 1.29 is 14.3 Å². The van der Waals surface area contributed by atoms with Crippen molar-refractivity contribution in [3.63, 3.8) is 0 Å². The number of anilines is 1. The summed E-state index contributed by atoms with van der Waals surface area (Å²) in [5.74, 6) is 0.688. The van der Waals surface area contributed by atoms with Gasteiger partial charge in [0, 0.05) is 11.6 Å². The second-order valence-corrected chi connectivity index (χ2v) is 5.60. The van der Waals surface area contributed by atoms with Gasteiger partial charge in [-0.1, -0.05) is 6.92 Å². The van der Waals surface area contributed by atoms with E-state index >= 15 is 0 Å². The zero-order valence-corrected chi connectivity index (χ0v) is 13.2. The summed E-state index contributed by atoms with van der Waals surface area (Å²) in [5, 5.41) is 9.09. The van der Waals surface area contributed by atoms with Crippen LogP contribution in [-0.4, -0.2) is 37.6 Å². The first-order chi connectivity index (χ1) is 10.1. The summed E-state index contributed by atoms with van der Waals surface area (Å²) in [6.45, 7) is 3.98. The Morgan fingerprint density at radius 2 is 2.23 bits per heavy atom. The highest BCUT2D eigenvalue weighted by Gasteiger charge is 2.24. The summed E-state index contributed by atoms with van der Waals surface area (Å²) in [6.07, 6.45) is 0.928. The van der Waals surface area contributed by atoms with Crippen molar-refractivity contribution in [3.05, 3.63) is 23.8 Å². The molecule has 0 radical (unpaired) electrons. The van der Waals surface area contributed by atoms with Crippen molar-refractivity contribution in [1.82, 2.24) is 10.6 Å². The molecule has 1 saturated heterocycles. The molecule has 120 valence electrons. The van der Waals surface area contributed by atoms with E-state index in [9.17, 15) is 9.59 Å². The van der Waals surface area contributed by atoms with Gasteiger partial charge in [0.2, 0.25) is 0 Å². The van der Waals surface area contributed by atoms with Crippen molar-refractivity contribution >= 4 is 29.9 Å². The first-order valence-corrected chi connectivity index (χ1v) is 7.22. The van der Waals surface area contributed by atoms with Crippen LogP contribution in [0, 0.1) is 5.92 Å². The summed E-state index contributed by atoms with van der Waals surface area (Å²) in [4.78, 5) is 23.7. The molecule has 3 N–H and O–H groups in total. The first kappa shape index (κ1) is 16.6. The second kappa shape index (κ2) is 6.98. The summed E-state index contributed by atoms with van der Waals surface area (Å²) >= 11 is 0. The molecule has 3 rings (SSSR count). The van der Waals surface area contributed by atoms with Crippen molar-refractivity contribution in [2.24, 2.45) is 5.92 Å². The number of amides is 2. The van der Waals surface area contributed by atoms with E-state index in [0.717, 1.165) is 19.5 Å². The molecule has 2 aliphatic rings. The molecular formula is C15H20ClN3O3. The Balaban J connectivity index is 0.00000176. The average molecular weight is 326 g/mol. The molecule has 7 heteroatoms. The van der Waals surface area contributed by atoms with E-state index in [2.05, 4.69) is 22.9 Å². The topological polar surface area (TPSA) is 79.5 Å². The maximum absolute atomic E-state index is 12.3. The lowest BCUT2D eigenvalue weighted by molar-refractivity contribution is -0.118. The van der Waals surface area contributed by atoms with Crippen LogP contribution in [0.2, 0.25) is 0 Å². The molecule has 0 aromatic heterocycles. The van der Waals surface area contributed by atoms with Crippen molar-refractivity contribution in [3.8, 4) is 5.75 Å². The normalized spacial score (nSPS) is 23.4. The Morgan fingerprint density at radius 3 is 3.00 bits per heavy atom. The van der Waals surface area contributed by atoms with E-state index in [1.807, 2.05) is 0 Å². The second-order valence-electron chi connectivity index (χ2n) is 5.60. The Kier molecular flexibility index (Phi) is 5.26. The van der Waals surface area contributed by atoms with Crippen LogP contribution in [0.5, 0.6) is 5.75 Å². The number of piperidine rings is 1. The Morgan fingerprint density at radius 1 is 1.41 bits per heavy atom.